The number of hydrogen-bond acceptors (Lipinski definition) is 6. The van der Waals surface area contributed by atoms with E-state index in [0.29, 0.717) is 19.3 Å². The lowest BCUT2D eigenvalue weighted by Gasteiger charge is -2.18. The van der Waals surface area contributed by atoms with E-state index >= 15 is 0 Å². The Morgan fingerprint density at radius 2 is 0.531 bits per heavy atom. The smallest absolute Gasteiger partial charge is 0.306 e. The van der Waals surface area contributed by atoms with Gasteiger partial charge in [-0.25, -0.2) is 0 Å². The van der Waals surface area contributed by atoms with Gasteiger partial charge < -0.3 is 14.2 Å². The fourth-order valence-electron chi connectivity index (χ4n) is 9.10. The lowest BCUT2D eigenvalue weighted by molar-refractivity contribution is -0.166. The molecule has 0 aliphatic heterocycles. The van der Waals surface area contributed by atoms with Crippen LogP contribution >= 0.6 is 0 Å². The van der Waals surface area contributed by atoms with Crippen molar-refractivity contribution in [3.8, 4) is 0 Å². The third-order valence-corrected chi connectivity index (χ3v) is 14.1. The van der Waals surface area contributed by atoms with Crippen molar-refractivity contribution in [2.45, 2.75) is 309 Å². The van der Waals surface area contributed by atoms with E-state index < -0.39 is 12.1 Å². The maximum absolute atomic E-state index is 12.9. The quantitative estimate of drug-likeness (QED) is 0.0261. The van der Waals surface area contributed by atoms with Gasteiger partial charge in [-0.2, -0.15) is 0 Å². The van der Waals surface area contributed by atoms with Gasteiger partial charge in [0.2, 0.25) is 0 Å². The third-order valence-electron chi connectivity index (χ3n) is 14.1. The van der Waals surface area contributed by atoms with Gasteiger partial charge in [-0.1, -0.05) is 296 Å². The molecule has 1 unspecified atom stereocenters. The van der Waals surface area contributed by atoms with E-state index in [4.69, 9.17) is 14.2 Å². The highest BCUT2D eigenvalue weighted by molar-refractivity contribution is 5.71. The molecule has 81 heavy (non-hydrogen) atoms. The molecule has 0 aromatic heterocycles. The van der Waals surface area contributed by atoms with Gasteiger partial charge in [-0.3, -0.25) is 14.4 Å². The second-order valence-electron chi connectivity index (χ2n) is 22.0. The summed E-state index contributed by atoms with van der Waals surface area (Å²) in [6.45, 7) is 6.39. The number of unbranched alkanes of at least 4 members (excludes halogenated alkanes) is 27. The van der Waals surface area contributed by atoms with E-state index in [1.807, 2.05) is 6.08 Å². The predicted molar refractivity (Wildman–Crippen MR) is 353 cm³/mol. The number of allylic oxidation sites excluding steroid dienone is 22. The average molecular weight is 1120 g/mol. The van der Waals surface area contributed by atoms with Crippen molar-refractivity contribution < 1.29 is 28.6 Å². The van der Waals surface area contributed by atoms with Gasteiger partial charge in [0.05, 0.1) is 0 Å². The van der Waals surface area contributed by atoms with Crippen LogP contribution < -0.4 is 0 Å². The van der Waals surface area contributed by atoms with Gasteiger partial charge in [-0.05, 0) is 122 Å². The van der Waals surface area contributed by atoms with Gasteiger partial charge in [0.15, 0.2) is 6.10 Å². The minimum atomic E-state index is -0.829. The second kappa shape index (κ2) is 68.1. The van der Waals surface area contributed by atoms with Gasteiger partial charge in [0, 0.05) is 19.3 Å². The highest BCUT2D eigenvalue weighted by Crippen LogP contribution is 2.16. The predicted octanol–water partition coefficient (Wildman–Crippen LogP) is 23.3. The van der Waals surface area contributed by atoms with Crippen LogP contribution in [0.25, 0.3) is 0 Å². The summed E-state index contributed by atoms with van der Waals surface area (Å²) in [5.74, 6) is -1.01. The molecular formula is C75H124O6. The Bertz CT molecular complexity index is 1720. The van der Waals surface area contributed by atoms with Gasteiger partial charge in [0.1, 0.15) is 13.2 Å². The molecule has 0 saturated heterocycles. The van der Waals surface area contributed by atoms with Crippen LogP contribution in [0.15, 0.2) is 134 Å². The number of carbonyl (C=O) groups is 3. The molecule has 0 rings (SSSR count). The molecule has 0 bridgehead atoms. The summed E-state index contributed by atoms with van der Waals surface area (Å²) in [6, 6.07) is 0. The Labute approximate surface area is 500 Å². The Hall–Kier alpha value is -4.45. The van der Waals surface area contributed by atoms with E-state index in [1.165, 1.54) is 135 Å². The molecule has 0 radical (unpaired) electrons. The summed E-state index contributed by atoms with van der Waals surface area (Å²) in [4.78, 5) is 38.3. The number of carbonyl (C=O) groups excluding carboxylic acids is 3. The molecule has 0 saturated carbocycles. The summed E-state index contributed by atoms with van der Waals surface area (Å²) in [7, 11) is 0. The van der Waals surface area contributed by atoms with Crippen molar-refractivity contribution in [2.24, 2.45) is 0 Å². The van der Waals surface area contributed by atoms with Crippen molar-refractivity contribution in [1.29, 1.82) is 0 Å². The third kappa shape index (κ3) is 66.2. The zero-order valence-corrected chi connectivity index (χ0v) is 52.8. The summed E-state index contributed by atoms with van der Waals surface area (Å²) in [6.07, 6.45) is 96.3. The first-order valence-corrected chi connectivity index (χ1v) is 33.7. The molecule has 460 valence electrons. The van der Waals surface area contributed by atoms with E-state index in [2.05, 4.69) is 148 Å². The fourth-order valence-corrected chi connectivity index (χ4v) is 9.10. The van der Waals surface area contributed by atoms with Gasteiger partial charge in [0.25, 0.3) is 0 Å². The molecule has 6 heteroatoms. The molecular weight excluding hydrogens is 997 g/mol. The molecule has 0 aromatic carbocycles. The first kappa shape index (κ1) is 76.5. The Balaban J connectivity index is 4.31. The molecule has 0 aliphatic carbocycles. The number of esters is 3. The van der Waals surface area contributed by atoms with Crippen LogP contribution in [0.5, 0.6) is 0 Å². The van der Waals surface area contributed by atoms with Crippen LogP contribution in [0.2, 0.25) is 0 Å². The second-order valence-corrected chi connectivity index (χ2v) is 22.0. The zero-order chi connectivity index (χ0) is 58.5. The molecule has 0 spiro atoms. The van der Waals surface area contributed by atoms with E-state index in [0.717, 1.165) is 122 Å². The molecule has 0 heterocycles. The Kier molecular flexibility index (Phi) is 64.3. The lowest BCUT2D eigenvalue weighted by atomic mass is 10.0. The van der Waals surface area contributed by atoms with Gasteiger partial charge >= 0.3 is 17.9 Å². The first-order chi connectivity index (χ1) is 40.0. The normalized spacial score (nSPS) is 13.0. The Morgan fingerprint density at radius 1 is 0.259 bits per heavy atom. The maximum Gasteiger partial charge on any atom is 0.306 e. The van der Waals surface area contributed by atoms with Crippen LogP contribution in [0, 0.1) is 0 Å². The molecule has 0 amide bonds. The van der Waals surface area contributed by atoms with Crippen LogP contribution in [0.1, 0.15) is 303 Å². The molecule has 0 aliphatic rings. The van der Waals surface area contributed by atoms with Crippen LogP contribution in [0.4, 0.5) is 0 Å². The fraction of sp³-hybridized carbons (Fsp3) is 0.667. The molecule has 1 atom stereocenters. The average Bonchev–Trinajstić information content (AvgIpc) is 3.46. The summed E-state index contributed by atoms with van der Waals surface area (Å²) in [5.41, 5.74) is 0. The van der Waals surface area contributed by atoms with Crippen molar-refractivity contribution in [2.75, 3.05) is 13.2 Å². The standard InChI is InChI=1S/C75H124O6/c1-4-7-10-13-16-19-22-25-27-29-31-32-33-34-35-36-37-38-39-40-41-42-44-45-47-50-53-56-59-62-65-68-74(77)80-71-72(70-79-73(76)67-64-61-58-55-52-49-24-21-18-15-12-9-6-3)81-75(78)69-66-63-60-57-54-51-48-46-43-30-28-26-23-20-17-14-11-8-5-2/h8,11-12,15,17,20-22,24-26,28-29,31,33-34,43,46,51,54,60,63,72H,4-7,9-10,13-14,16,18-19,23,27,30,32,35-42,44-45,47-50,52-53,55-59,61-62,64-71H2,1-3H3/b11-8-,15-12-,20-17-,24-21-,25-22-,28-26-,31-29-,34-33-,46-43-,54-51-,63-60-. The molecule has 6 nitrogen and oxygen atoms in total. The van der Waals surface area contributed by atoms with Crippen molar-refractivity contribution >= 4 is 17.9 Å². The van der Waals surface area contributed by atoms with Crippen molar-refractivity contribution in [3.05, 3.63) is 134 Å². The van der Waals surface area contributed by atoms with Crippen molar-refractivity contribution in [1.82, 2.24) is 0 Å². The largest absolute Gasteiger partial charge is 0.462 e. The summed E-state index contributed by atoms with van der Waals surface area (Å²) < 4.78 is 16.8. The molecule has 0 fully saturated rings. The summed E-state index contributed by atoms with van der Waals surface area (Å²) >= 11 is 0. The van der Waals surface area contributed by atoms with Crippen LogP contribution in [0.3, 0.4) is 0 Å². The number of ether oxygens (including phenoxy) is 3. The van der Waals surface area contributed by atoms with E-state index in [1.54, 1.807) is 0 Å². The van der Waals surface area contributed by atoms with Crippen LogP contribution in [-0.4, -0.2) is 37.2 Å². The van der Waals surface area contributed by atoms with Crippen molar-refractivity contribution in [3.63, 3.8) is 0 Å². The minimum Gasteiger partial charge on any atom is -0.462 e. The zero-order valence-electron chi connectivity index (χ0n) is 52.8. The Morgan fingerprint density at radius 3 is 0.852 bits per heavy atom. The highest BCUT2D eigenvalue weighted by atomic mass is 16.6. The topological polar surface area (TPSA) is 78.9 Å². The minimum absolute atomic E-state index is 0.115. The SMILES string of the molecule is CC/C=C\C/C=C\C/C=C\C/C=C\C/C=C\C/C=C\CCC(=O)OC(COC(=O)CCCCCCC/C=C\C/C=C\CCC)COC(=O)CCCCCCCCCCCCCCCCCC/C=C\C/C=C\C/C=C\CCCCCCC. The number of hydrogen-bond donors (Lipinski definition) is 0. The monoisotopic (exact) mass is 1120 g/mol. The van der Waals surface area contributed by atoms with E-state index in [9.17, 15) is 14.4 Å². The van der Waals surface area contributed by atoms with Crippen LogP contribution in [-0.2, 0) is 28.6 Å². The lowest BCUT2D eigenvalue weighted by Crippen LogP contribution is -2.30. The van der Waals surface area contributed by atoms with E-state index in [-0.39, 0.29) is 31.6 Å². The maximum atomic E-state index is 12.9. The number of rotatable bonds is 60. The molecule has 0 aromatic rings. The summed E-state index contributed by atoms with van der Waals surface area (Å²) in [5, 5.41) is 0. The highest BCUT2D eigenvalue weighted by Gasteiger charge is 2.19. The molecule has 0 N–H and O–H groups in total. The first-order valence-electron chi connectivity index (χ1n) is 33.7. The van der Waals surface area contributed by atoms with Gasteiger partial charge in [-0.15, -0.1) is 0 Å².